The highest BCUT2D eigenvalue weighted by Gasteiger charge is 2.29. The van der Waals surface area contributed by atoms with Crippen molar-refractivity contribution in [2.75, 3.05) is 6.54 Å². The molecule has 0 spiro atoms. The molecule has 1 N–H and O–H groups in total. The lowest BCUT2D eigenvalue weighted by molar-refractivity contribution is -0.125. The Morgan fingerprint density at radius 2 is 2.27 bits per heavy atom. The van der Waals surface area contributed by atoms with Gasteiger partial charge in [0.1, 0.15) is 0 Å². The van der Waals surface area contributed by atoms with E-state index in [2.05, 4.69) is 12.2 Å². The van der Waals surface area contributed by atoms with Crippen molar-refractivity contribution < 1.29 is 4.79 Å². The standard InChI is InChI=1S/C12H22ClNO/c1-9-5-3-7-11(9)12(15)14-8-4-6-10(2)13/h9-11H,3-8H2,1-2H3,(H,14,15). The van der Waals surface area contributed by atoms with Gasteiger partial charge < -0.3 is 5.32 Å². The molecule has 0 radical (unpaired) electrons. The first-order valence-electron chi connectivity index (χ1n) is 6.03. The molecule has 3 unspecified atom stereocenters. The van der Waals surface area contributed by atoms with Crippen molar-refractivity contribution in [1.29, 1.82) is 0 Å². The highest BCUT2D eigenvalue weighted by molar-refractivity contribution is 6.20. The minimum atomic E-state index is 0.215. The second-order valence-electron chi connectivity index (χ2n) is 4.73. The summed E-state index contributed by atoms with van der Waals surface area (Å²) in [6.07, 6.45) is 5.44. The highest BCUT2D eigenvalue weighted by atomic mass is 35.5. The van der Waals surface area contributed by atoms with Gasteiger partial charge in [0.2, 0.25) is 5.91 Å². The second-order valence-corrected chi connectivity index (χ2v) is 5.47. The lowest BCUT2D eigenvalue weighted by atomic mass is 9.97. The molecular weight excluding hydrogens is 210 g/mol. The molecule has 1 aliphatic carbocycles. The molecule has 0 heterocycles. The van der Waals surface area contributed by atoms with Gasteiger partial charge in [-0.1, -0.05) is 13.3 Å². The van der Waals surface area contributed by atoms with E-state index in [0.717, 1.165) is 25.8 Å². The second kappa shape index (κ2) is 6.37. The molecular formula is C12H22ClNO. The first-order chi connectivity index (χ1) is 7.11. The van der Waals surface area contributed by atoms with Gasteiger partial charge in [-0.15, -0.1) is 11.6 Å². The molecule has 1 amide bonds. The van der Waals surface area contributed by atoms with Gasteiger partial charge in [-0.25, -0.2) is 0 Å². The predicted octanol–water partition coefficient (Wildman–Crippen LogP) is 2.95. The van der Waals surface area contributed by atoms with E-state index in [0.29, 0.717) is 5.92 Å². The number of carbonyl (C=O) groups excluding carboxylic acids is 1. The smallest absolute Gasteiger partial charge is 0.223 e. The summed E-state index contributed by atoms with van der Waals surface area (Å²) >= 11 is 5.83. The number of nitrogens with one attached hydrogen (secondary N) is 1. The van der Waals surface area contributed by atoms with E-state index in [1.54, 1.807) is 0 Å². The average molecular weight is 232 g/mol. The zero-order valence-electron chi connectivity index (χ0n) is 9.76. The lowest BCUT2D eigenvalue weighted by Crippen LogP contribution is -2.32. The van der Waals surface area contributed by atoms with Gasteiger partial charge in [-0.3, -0.25) is 4.79 Å². The number of hydrogen-bond donors (Lipinski definition) is 1. The van der Waals surface area contributed by atoms with Crippen molar-refractivity contribution in [3.63, 3.8) is 0 Å². The normalized spacial score (nSPS) is 27.7. The van der Waals surface area contributed by atoms with Crippen molar-refractivity contribution in [2.45, 2.75) is 51.3 Å². The molecule has 0 aliphatic heterocycles. The molecule has 1 rings (SSSR count). The molecule has 0 aromatic carbocycles. The summed E-state index contributed by atoms with van der Waals surface area (Å²) in [6, 6.07) is 0. The fourth-order valence-electron chi connectivity index (χ4n) is 2.26. The Hall–Kier alpha value is -0.240. The molecule has 3 atom stereocenters. The molecule has 2 nitrogen and oxygen atoms in total. The van der Waals surface area contributed by atoms with Crippen molar-refractivity contribution >= 4 is 17.5 Å². The zero-order valence-corrected chi connectivity index (χ0v) is 10.5. The van der Waals surface area contributed by atoms with E-state index in [-0.39, 0.29) is 17.2 Å². The minimum absolute atomic E-state index is 0.215. The highest BCUT2D eigenvalue weighted by Crippen LogP contribution is 2.31. The molecule has 0 saturated heterocycles. The summed E-state index contributed by atoms with van der Waals surface area (Å²) in [5.74, 6) is 1.08. The molecule has 1 saturated carbocycles. The molecule has 1 fully saturated rings. The van der Waals surface area contributed by atoms with Gasteiger partial charge in [0.25, 0.3) is 0 Å². The molecule has 0 bridgehead atoms. The van der Waals surface area contributed by atoms with E-state index in [9.17, 15) is 4.79 Å². The topological polar surface area (TPSA) is 29.1 Å². The number of rotatable bonds is 5. The third kappa shape index (κ3) is 4.42. The Morgan fingerprint density at radius 1 is 1.53 bits per heavy atom. The van der Waals surface area contributed by atoms with Gasteiger partial charge >= 0.3 is 0 Å². The Balaban J connectivity index is 2.13. The summed E-state index contributed by atoms with van der Waals surface area (Å²) < 4.78 is 0. The Labute approximate surface area is 97.8 Å². The van der Waals surface area contributed by atoms with Gasteiger partial charge in [0.15, 0.2) is 0 Å². The van der Waals surface area contributed by atoms with Gasteiger partial charge in [-0.05, 0) is 38.5 Å². The van der Waals surface area contributed by atoms with Crippen LogP contribution in [0, 0.1) is 11.8 Å². The van der Waals surface area contributed by atoms with Crippen LogP contribution in [0.15, 0.2) is 0 Å². The quantitative estimate of drug-likeness (QED) is 0.572. The van der Waals surface area contributed by atoms with Crippen LogP contribution >= 0.6 is 11.6 Å². The minimum Gasteiger partial charge on any atom is -0.356 e. The van der Waals surface area contributed by atoms with Gasteiger partial charge in [-0.2, -0.15) is 0 Å². The largest absolute Gasteiger partial charge is 0.356 e. The Morgan fingerprint density at radius 3 is 2.80 bits per heavy atom. The van der Waals surface area contributed by atoms with E-state index >= 15 is 0 Å². The first kappa shape index (κ1) is 12.8. The predicted molar refractivity (Wildman–Crippen MR) is 64.1 cm³/mol. The fraction of sp³-hybridized carbons (Fsp3) is 0.917. The van der Waals surface area contributed by atoms with Crippen molar-refractivity contribution in [3.8, 4) is 0 Å². The lowest BCUT2D eigenvalue weighted by Gasteiger charge is -2.15. The zero-order chi connectivity index (χ0) is 11.3. The van der Waals surface area contributed by atoms with Gasteiger partial charge in [0, 0.05) is 17.8 Å². The molecule has 0 aromatic rings. The Kier molecular flexibility index (Phi) is 5.44. The first-order valence-corrected chi connectivity index (χ1v) is 6.46. The van der Waals surface area contributed by atoms with E-state index in [1.807, 2.05) is 6.92 Å². The molecule has 1 aliphatic rings. The van der Waals surface area contributed by atoms with Crippen LogP contribution in [-0.2, 0) is 4.79 Å². The summed E-state index contributed by atoms with van der Waals surface area (Å²) in [6.45, 7) is 4.94. The van der Waals surface area contributed by atoms with Crippen LogP contribution in [0.2, 0.25) is 0 Å². The van der Waals surface area contributed by atoms with E-state index in [1.165, 1.54) is 12.8 Å². The number of hydrogen-bond acceptors (Lipinski definition) is 1. The van der Waals surface area contributed by atoms with Crippen LogP contribution in [0.1, 0.15) is 46.0 Å². The third-order valence-electron chi connectivity index (χ3n) is 3.28. The summed E-state index contributed by atoms with van der Waals surface area (Å²) in [7, 11) is 0. The van der Waals surface area contributed by atoms with Gasteiger partial charge in [0.05, 0.1) is 0 Å². The van der Waals surface area contributed by atoms with Crippen LogP contribution in [0.5, 0.6) is 0 Å². The average Bonchev–Trinajstić information content (AvgIpc) is 2.58. The molecule has 0 aromatic heterocycles. The van der Waals surface area contributed by atoms with Crippen molar-refractivity contribution in [1.82, 2.24) is 5.32 Å². The van der Waals surface area contributed by atoms with Crippen LogP contribution < -0.4 is 5.32 Å². The van der Waals surface area contributed by atoms with Crippen LogP contribution in [0.25, 0.3) is 0 Å². The number of alkyl halides is 1. The monoisotopic (exact) mass is 231 g/mol. The van der Waals surface area contributed by atoms with Crippen LogP contribution in [0.4, 0.5) is 0 Å². The van der Waals surface area contributed by atoms with Crippen molar-refractivity contribution in [2.24, 2.45) is 11.8 Å². The van der Waals surface area contributed by atoms with E-state index < -0.39 is 0 Å². The maximum Gasteiger partial charge on any atom is 0.223 e. The van der Waals surface area contributed by atoms with Crippen molar-refractivity contribution in [3.05, 3.63) is 0 Å². The fourth-order valence-corrected chi connectivity index (χ4v) is 2.42. The van der Waals surface area contributed by atoms with E-state index in [4.69, 9.17) is 11.6 Å². The van der Waals surface area contributed by atoms with Crippen LogP contribution in [0.3, 0.4) is 0 Å². The number of carbonyl (C=O) groups is 1. The summed E-state index contributed by atoms with van der Waals surface area (Å²) in [5.41, 5.74) is 0. The maximum absolute atomic E-state index is 11.8. The summed E-state index contributed by atoms with van der Waals surface area (Å²) in [5, 5.41) is 3.23. The molecule has 15 heavy (non-hydrogen) atoms. The maximum atomic E-state index is 11.8. The number of halogens is 1. The third-order valence-corrected chi connectivity index (χ3v) is 3.49. The summed E-state index contributed by atoms with van der Waals surface area (Å²) in [4.78, 5) is 11.8. The van der Waals surface area contributed by atoms with Crippen LogP contribution in [-0.4, -0.2) is 17.8 Å². The molecule has 3 heteroatoms. The SMILES string of the molecule is CC(Cl)CCCNC(=O)C1CCCC1C. The number of amides is 1. The molecule has 88 valence electrons. The Bertz CT molecular complexity index is 206.